The van der Waals surface area contributed by atoms with Crippen LogP contribution >= 0.6 is 0 Å². The third-order valence-corrected chi connectivity index (χ3v) is 12.6. The van der Waals surface area contributed by atoms with Gasteiger partial charge < -0.3 is 14.2 Å². The van der Waals surface area contributed by atoms with Crippen LogP contribution in [0, 0.1) is 0 Å². The van der Waals surface area contributed by atoms with Crippen LogP contribution in [0.5, 0.6) is 0 Å². The van der Waals surface area contributed by atoms with Gasteiger partial charge in [-0.05, 0) is 96.3 Å². The zero-order chi connectivity index (χ0) is 51.4. The number of rotatable bonds is 53. The van der Waals surface area contributed by atoms with Gasteiger partial charge in [-0.1, -0.05) is 259 Å². The number of hydrogen-bond acceptors (Lipinski definition) is 6. The van der Waals surface area contributed by atoms with E-state index in [1.807, 2.05) is 0 Å². The Morgan fingerprint density at radius 2 is 0.549 bits per heavy atom. The molecule has 0 saturated heterocycles. The number of hydrogen-bond donors (Lipinski definition) is 0. The Morgan fingerprint density at radius 3 is 0.859 bits per heavy atom. The molecule has 0 bridgehead atoms. The monoisotopic (exact) mass is 987 g/mol. The Balaban J connectivity index is 4.18. The summed E-state index contributed by atoms with van der Waals surface area (Å²) in [7, 11) is 0. The fourth-order valence-electron chi connectivity index (χ4n) is 8.19. The van der Waals surface area contributed by atoms with Gasteiger partial charge in [0.25, 0.3) is 0 Å². The molecular formula is C65H110O6. The number of ether oxygens (including phenoxy) is 3. The molecule has 406 valence electrons. The van der Waals surface area contributed by atoms with Gasteiger partial charge in [0, 0.05) is 19.3 Å². The number of esters is 3. The lowest BCUT2D eigenvalue weighted by molar-refractivity contribution is -0.167. The van der Waals surface area contributed by atoms with Gasteiger partial charge in [0.05, 0.1) is 0 Å². The van der Waals surface area contributed by atoms with E-state index in [-0.39, 0.29) is 31.1 Å². The first-order valence-corrected chi connectivity index (χ1v) is 29.7. The SMILES string of the molecule is CC/C=C\C/C=C\C/C=C\C/C=C\CCCCCCCCCCCCCCC(=O)OCC(COC(=O)CCCCCCCCC)OC(=O)CCCCCCCCCC/C=C\C/C=C\C/C=C\C/C=C\CC. The quantitative estimate of drug-likeness (QED) is 0.0261. The summed E-state index contributed by atoms with van der Waals surface area (Å²) in [6.07, 6.45) is 78.5. The van der Waals surface area contributed by atoms with Gasteiger partial charge in [-0.3, -0.25) is 14.4 Å². The Morgan fingerprint density at radius 1 is 0.296 bits per heavy atom. The van der Waals surface area contributed by atoms with Gasteiger partial charge in [-0.15, -0.1) is 0 Å². The largest absolute Gasteiger partial charge is 0.462 e. The molecule has 0 aliphatic heterocycles. The zero-order valence-corrected chi connectivity index (χ0v) is 46.5. The maximum Gasteiger partial charge on any atom is 0.306 e. The van der Waals surface area contributed by atoms with Gasteiger partial charge in [0.2, 0.25) is 0 Å². The average molecular weight is 988 g/mol. The van der Waals surface area contributed by atoms with Crippen molar-refractivity contribution in [3.05, 3.63) is 97.2 Å². The third-order valence-electron chi connectivity index (χ3n) is 12.6. The highest BCUT2D eigenvalue weighted by Crippen LogP contribution is 2.16. The first-order valence-electron chi connectivity index (χ1n) is 29.7. The highest BCUT2D eigenvalue weighted by molar-refractivity contribution is 5.71. The molecule has 0 aromatic heterocycles. The second-order valence-corrected chi connectivity index (χ2v) is 19.5. The van der Waals surface area contributed by atoms with Crippen LogP contribution in [0.25, 0.3) is 0 Å². The Bertz CT molecular complexity index is 1410. The summed E-state index contributed by atoms with van der Waals surface area (Å²) in [5, 5.41) is 0. The molecule has 6 heteroatoms. The van der Waals surface area contributed by atoms with E-state index in [2.05, 4.69) is 118 Å². The van der Waals surface area contributed by atoms with E-state index >= 15 is 0 Å². The molecule has 0 saturated carbocycles. The Kier molecular flexibility index (Phi) is 55.9. The molecule has 0 aromatic rings. The summed E-state index contributed by atoms with van der Waals surface area (Å²) in [6, 6.07) is 0. The molecule has 0 heterocycles. The van der Waals surface area contributed by atoms with Crippen molar-refractivity contribution in [2.45, 2.75) is 284 Å². The van der Waals surface area contributed by atoms with E-state index in [4.69, 9.17) is 14.2 Å². The van der Waals surface area contributed by atoms with Gasteiger partial charge >= 0.3 is 17.9 Å². The van der Waals surface area contributed by atoms with Crippen LogP contribution in [0.15, 0.2) is 97.2 Å². The number of unbranched alkanes of at least 4 members (excludes halogenated alkanes) is 26. The molecule has 0 amide bonds. The first kappa shape index (κ1) is 67.3. The topological polar surface area (TPSA) is 78.9 Å². The van der Waals surface area contributed by atoms with Crippen molar-refractivity contribution in [2.75, 3.05) is 13.2 Å². The highest BCUT2D eigenvalue weighted by Gasteiger charge is 2.19. The molecule has 0 fully saturated rings. The van der Waals surface area contributed by atoms with Crippen LogP contribution < -0.4 is 0 Å². The second kappa shape index (κ2) is 58.9. The fourth-order valence-corrected chi connectivity index (χ4v) is 8.19. The summed E-state index contributed by atoms with van der Waals surface area (Å²) >= 11 is 0. The smallest absolute Gasteiger partial charge is 0.306 e. The van der Waals surface area contributed by atoms with Crippen LogP contribution in [0.2, 0.25) is 0 Å². The van der Waals surface area contributed by atoms with Crippen LogP contribution in [-0.4, -0.2) is 37.2 Å². The average Bonchev–Trinajstić information content (AvgIpc) is 3.37. The summed E-state index contributed by atoms with van der Waals surface area (Å²) < 4.78 is 16.8. The van der Waals surface area contributed by atoms with E-state index < -0.39 is 6.10 Å². The van der Waals surface area contributed by atoms with E-state index in [0.29, 0.717) is 19.3 Å². The third kappa shape index (κ3) is 57.1. The van der Waals surface area contributed by atoms with Crippen molar-refractivity contribution in [1.29, 1.82) is 0 Å². The number of allylic oxidation sites excluding steroid dienone is 16. The van der Waals surface area contributed by atoms with E-state index in [0.717, 1.165) is 116 Å². The van der Waals surface area contributed by atoms with Crippen molar-refractivity contribution in [3.63, 3.8) is 0 Å². The van der Waals surface area contributed by atoms with Crippen molar-refractivity contribution in [1.82, 2.24) is 0 Å². The van der Waals surface area contributed by atoms with Crippen LogP contribution in [0.1, 0.15) is 278 Å². The maximum absolute atomic E-state index is 12.8. The summed E-state index contributed by atoms with van der Waals surface area (Å²) in [5.74, 6) is -0.892. The minimum absolute atomic E-state index is 0.0800. The molecule has 6 nitrogen and oxygen atoms in total. The van der Waals surface area contributed by atoms with Crippen molar-refractivity contribution < 1.29 is 28.6 Å². The standard InChI is InChI=1S/C65H110O6/c1-4-7-10-13-16-18-20-22-24-26-28-30-31-32-33-35-36-38-40-42-44-46-49-52-55-58-64(67)70-61-62(60-69-63(66)57-54-51-48-15-12-9-6-3)71-65(68)59-56-53-50-47-45-43-41-39-37-34-29-27-25-23-21-19-17-14-11-8-5-2/h7-8,10-11,16-19,22-25,28-30,34,62H,4-6,9,12-15,20-21,26-27,31-33,35-61H2,1-3H3/b10-7-,11-8-,18-16-,19-17-,24-22-,25-23-,30-28-,34-29-. The van der Waals surface area contributed by atoms with E-state index in [1.165, 1.54) is 122 Å². The summed E-state index contributed by atoms with van der Waals surface area (Å²) in [6.45, 7) is 6.38. The molecule has 0 radical (unpaired) electrons. The van der Waals surface area contributed by atoms with E-state index in [9.17, 15) is 14.4 Å². The van der Waals surface area contributed by atoms with Gasteiger partial charge in [0.15, 0.2) is 6.10 Å². The lowest BCUT2D eigenvalue weighted by Crippen LogP contribution is -2.30. The molecule has 0 spiro atoms. The van der Waals surface area contributed by atoms with Gasteiger partial charge in [0.1, 0.15) is 13.2 Å². The molecule has 0 aliphatic rings. The molecule has 0 aliphatic carbocycles. The molecule has 0 rings (SSSR count). The summed E-state index contributed by atoms with van der Waals surface area (Å²) in [4.78, 5) is 38.0. The minimum atomic E-state index is -0.780. The van der Waals surface area contributed by atoms with Gasteiger partial charge in [-0.2, -0.15) is 0 Å². The van der Waals surface area contributed by atoms with Crippen LogP contribution in [0.3, 0.4) is 0 Å². The van der Waals surface area contributed by atoms with Crippen LogP contribution in [-0.2, 0) is 28.6 Å². The molecule has 0 N–H and O–H groups in total. The molecular weight excluding hydrogens is 877 g/mol. The Labute approximate surface area is 438 Å². The first-order chi connectivity index (χ1) is 35.0. The predicted octanol–water partition coefficient (Wildman–Crippen LogP) is 20.1. The zero-order valence-electron chi connectivity index (χ0n) is 46.5. The predicted molar refractivity (Wildman–Crippen MR) is 307 cm³/mol. The lowest BCUT2D eigenvalue weighted by Gasteiger charge is -2.18. The maximum atomic E-state index is 12.8. The molecule has 71 heavy (non-hydrogen) atoms. The van der Waals surface area contributed by atoms with Crippen LogP contribution in [0.4, 0.5) is 0 Å². The lowest BCUT2D eigenvalue weighted by atomic mass is 10.0. The fraction of sp³-hybridized carbons (Fsp3) is 0.708. The number of carbonyl (C=O) groups is 3. The molecule has 1 atom stereocenters. The van der Waals surface area contributed by atoms with Gasteiger partial charge in [-0.25, -0.2) is 0 Å². The molecule has 0 aromatic carbocycles. The second-order valence-electron chi connectivity index (χ2n) is 19.5. The highest BCUT2D eigenvalue weighted by atomic mass is 16.6. The Hall–Kier alpha value is -3.67. The number of carbonyl (C=O) groups excluding carboxylic acids is 3. The molecule has 1 unspecified atom stereocenters. The van der Waals surface area contributed by atoms with E-state index in [1.54, 1.807) is 0 Å². The van der Waals surface area contributed by atoms with Crippen molar-refractivity contribution >= 4 is 17.9 Å². The summed E-state index contributed by atoms with van der Waals surface area (Å²) in [5.41, 5.74) is 0. The van der Waals surface area contributed by atoms with Crippen molar-refractivity contribution in [2.24, 2.45) is 0 Å². The minimum Gasteiger partial charge on any atom is -0.462 e. The normalized spacial score (nSPS) is 12.8. The van der Waals surface area contributed by atoms with Crippen molar-refractivity contribution in [3.8, 4) is 0 Å².